The first-order valence-electron chi connectivity index (χ1n) is 8.20. The lowest BCUT2D eigenvalue weighted by Gasteiger charge is -2.13. The van der Waals surface area contributed by atoms with E-state index in [2.05, 4.69) is 15.3 Å². The molecule has 2 heterocycles. The Morgan fingerprint density at radius 1 is 1.07 bits per heavy atom. The lowest BCUT2D eigenvalue weighted by molar-refractivity contribution is -0.137. The van der Waals surface area contributed by atoms with Crippen LogP contribution in [0.4, 0.5) is 18.9 Å². The third-order valence-electron chi connectivity index (χ3n) is 4.02. The molecule has 0 aliphatic carbocycles. The summed E-state index contributed by atoms with van der Waals surface area (Å²) in [4.78, 5) is 20.7. The van der Waals surface area contributed by atoms with Crippen LogP contribution in [0.3, 0.4) is 0 Å². The monoisotopic (exact) mass is 371 g/mol. The van der Waals surface area contributed by atoms with E-state index in [1.54, 1.807) is 49.5 Å². The summed E-state index contributed by atoms with van der Waals surface area (Å²) in [6.07, 6.45) is -1.30. The summed E-state index contributed by atoms with van der Waals surface area (Å²) in [5.74, 6) is -0.868. The van der Waals surface area contributed by atoms with Crippen LogP contribution in [0.5, 0.6) is 0 Å². The summed E-state index contributed by atoms with van der Waals surface area (Å²) in [7, 11) is 0. The van der Waals surface area contributed by atoms with Crippen molar-refractivity contribution in [3.63, 3.8) is 0 Å². The van der Waals surface area contributed by atoms with E-state index < -0.39 is 17.7 Å². The normalized spacial score (nSPS) is 12.4. The summed E-state index contributed by atoms with van der Waals surface area (Å²) in [6.45, 7) is 1.68. The SMILES string of the molecule is CC(C(=O)Nc1cccnc1)c1cccc(-c2cccc(C(F)(F)F)c2)n1. The van der Waals surface area contributed by atoms with E-state index in [9.17, 15) is 18.0 Å². The van der Waals surface area contributed by atoms with Crippen molar-refractivity contribution in [3.05, 3.63) is 78.2 Å². The first-order chi connectivity index (χ1) is 12.8. The standard InChI is InChI=1S/C20H16F3N3O/c1-13(19(27)25-16-7-4-10-24-12-16)17-8-3-9-18(26-17)14-5-2-6-15(11-14)20(21,22)23/h2-13H,1H3,(H,25,27). The highest BCUT2D eigenvalue weighted by Gasteiger charge is 2.30. The minimum absolute atomic E-state index is 0.281. The highest BCUT2D eigenvalue weighted by molar-refractivity contribution is 5.95. The molecule has 0 radical (unpaired) electrons. The maximum absolute atomic E-state index is 12.9. The quantitative estimate of drug-likeness (QED) is 0.709. The summed E-state index contributed by atoms with van der Waals surface area (Å²) in [5, 5.41) is 2.74. The average molecular weight is 371 g/mol. The molecule has 7 heteroatoms. The highest BCUT2D eigenvalue weighted by Crippen LogP contribution is 2.32. The van der Waals surface area contributed by atoms with E-state index in [4.69, 9.17) is 0 Å². The summed E-state index contributed by atoms with van der Waals surface area (Å²) in [6, 6.07) is 13.3. The molecule has 0 bridgehead atoms. The molecule has 138 valence electrons. The van der Waals surface area contributed by atoms with Gasteiger partial charge in [-0.05, 0) is 43.3 Å². The number of nitrogens with one attached hydrogen (secondary N) is 1. The number of carbonyl (C=O) groups excluding carboxylic acids is 1. The zero-order valence-corrected chi connectivity index (χ0v) is 14.4. The molecule has 1 N–H and O–H groups in total. The molecule has 1 atom stereocenters. The second-order valence-corrected chi connectivity index (χ2v) is 5.98. The summed E-state index contributed by atoms with van der Waals surface area (Å²) in [5.41, 5.74) is 0.996. The fourth-order valence-electron chi connectivity index (χ4n) is 2.53. The van der Waals surface area contributed by atoms with Gasteiger partial charge in [0.1, 0.15) is 0 Å². The lowest BCUT2D eigenvalue weighted by Crippen LogP contribution is -2.19. The maximum Gasteiger partial charge on any atom is 0.416 e. The Hall–Kier alpha value is -3.22. The van der Waals surface area contributed by atoms with Crippen LogP contribution in [0.25, 0.3) is 11.3 Å². The van der Waals surface area contributed by atoms with Crippen LogP contribution in [0.1, 0.15) is 24.1 Å². The fourth-order valence-corrected chi connectivity index (χ4v) is 2.53. The molecule has 4 nitrogen and oxygen atoms in total. The molecule has 1 aromatic carbocycles. The van der Waals surface area contributed by atoms with Crippen molar-refractivity contribution < 1.29 is 18.0 Å². The number of amides is 1. The van der Waals surface area contributed by atoms with Gasteiger partial charge in [0.15, 0.2) is 0 Å². The Balaban J connectivity index is 1.84. The molecule has 0 aliphatic rings. The molecule has 3 rings (SSSR count). The van der Waals surface area contributed by atoms with Crippen LogP contribution in [0.15, 0.2) is 67.0 Å². The van der Waals surface area contributed by atoms with Gasteiger partial charge in [-0.15, -0.1) is 0 Å². The third-order valence-corrected chi connectivity index (χ3v) is 4.02. The van der Waals surface area contributed by atoms with Crippen molar-refractivity contribution in [2.75, 3.05) is 5.32 Å². The van der Waals surface area contributed by atoms with Gasteiger partial charge in [0.25, 0.3) is 0 Å². The van der Waals surface area contributed by atoms with Crippen molar-refractivity contribution in [2.24, 2.45) is 0 Å². The Bertz CT molecular complexity index is 942. The summed E-state index contributed by atoms with van der Waals surface area (Å²) >= 11 is 0. The van der Waals surface area contributed by atoms with Crippen LogP contribution in [0.2, 0.25) is 0 Å². The molecular formula is C20H16F3N3O. The average Bonchev–Trinajstić information content (AvgIpc) is 2.68. The Morgan fingerprint density at radius 3 is 2.56 bits per heavy atom. The number of rotatable bonds is 4. The molecule has 2 aromatic heterocycles. The van der Waals surface area contributed by atoms with Crippen LogP contribution in [-0.4, -0.2) is 15.9 Å². The van der Waals surface area contributed by atoms with Gasteiger partial charge >= 0.3 is 6.18 Å². The maximum atomic E-state index is 12.9. The largest absolute Gasteiger partial charge is 0.416 e. The molecule has 1 amide bonds. The van der Waals surface area contributed by atoms with Gasteiger partial charge in [-0.25, -0.2) is 0 Å². The Labute approximate surface area is 154 Å². The molecule has 0 spiro atoms. The number of aromatic nitrogens is 2. The van der Waals surface area contributed by atoms with Gasteiger partial charge in [0, 0.05) is 11.8 Å². The number of carbonyl (C=O) groups is 1. The van der Waals surface area contributed by atoms with Gasteiger partial charge < -0.3 is 5.32 Å². The molecule has 0 saturated carbocycles. The smallest absolute Gasteiger partial charge is 0.324 e. The molecule has 3 aromatic rings. The number of alkyl halides is 3. The zero-order valence-electron chi connectivity index (χ0n) is 14.4. The molecule has 0 saturated heterocycles. The van der Waals surface area contributed by atoms with Crippen molar-refractivity contribution in [2.45, 2.75) is 19.0 Å². The van der Waals surface area contributed by atoms with Crippen LogP contribution < -0.4 is 5.32 Å². The first-order valence-corrected chi connectivity index (χ1v) is 8.20. The number of hydrogen-bond acceptors (Lipinski definition) is 3. The fraction of sp³-hybridized carbons (Fsp3) is 0.150. The number of halogens is 3. The summed E-state index contributed by atoms with van der Waals surface area (Å²) < 4.78 is 38.8. The van der Waals surface area contributed by atoms with Crippen molar-refractivity contribution in [3.8, 4) is 11.3 Å². The highest BCUT2D eigenvalue weighted by atomic mass is 19.4. The Morgan fingerprint density at radius 2 is 1.85 bits per heavy atom. The van der Waals surface area contributed by atoms with Crippen LogP contribution >= 0.6 is 0 Å². The van der Waals surface area contributed by atoms with Gasteiger partial charge in [0.2, 0.25) is 5.91 Å². The predicted molar refractivity (Wildman–Crippen MR) is 96.0 cm³/mol. The van der Waals surface area contributed by atoms with Gasteiger partial charge in [-0.2, -0.15) is 13.2 Å². The van der Waals surface area contributed by atoms with E-state index in [0.29, 0.717) is 22.6 Å². The number of benzene rings is 1. The molecule has 0 fully saturated rings. The minimum Gasteiger partial charge on any atom is -0.324 e. The number of nitrogens with zero attached hydrogens (tertiary/aromatic N) is 2. The van der Waals surface area contributed by atoms with Gasteiger partial charge in [-0.1, -0.05) is 18.2 Å². The van der Waals surface area contributed by atoms with E-state index in [1.807, 2.05) is 0 Å². The van der Waals surface area contributed by atoms with Gasteiger partial charge in [0.05, 0.1) is 34.8 Å². The van der Waals surface area contributed by atoms with Crippen molar-refractivity contribution in [1.82, 2.24) is 9.97 Å². The Kier molecular flexibility index (Phi) is 5.21. The topological polar surface area (TPSA) is 54.9 Å². The van der Waals surface area contributed by atoms with E-state index in [-0.39, 0.29) is 5.91 Å². The zero-order chi connectivity index (χ0) is 19.4. The molecular weight excluding hydrogens is 355 g/mol. The predicted octanol–water partition coefficient (Wildman–Crippen LogP) is 4.90. The first kappa shape index (κ1) is 18.6. The minimum atomic E-state index is -4.43. The van der Waals surface area contributed by atoms with E-state index in [1.165, 1.54) is 12.3 Å². The molecule has 1 unspecified atom stereocenters. The second-order valence-electron chi connectivity index (χ2n) is 5.98. The second kappa shape index (κ2) is 7.57. The number of hydrogen-bond donors (Lipinski definition) is 1. The van der Waals surface area contributed by atoms with Gasteiger partial charge in [-0.3, -0.25) is 14.8 Å². The number of anilines is 1. The third kappa shape index (κ3) is 4.49. The number of pyridine rings is 2. The molecule has 0 aliphatic heterocycles. The van der Waals surface area contributed by atoms with Crippen molar-refractivity contribution in [1.29, 1.82) is 0 Å². The van der Waals surface area contributed by atoms with Crippen LogP contribution in [-0.2, 0) is 11.0 Å². The van der Waals surface area contributed by atoms with E-state index >= 15 is 0 Å². The lowest BCUT2D eigenvalue weighted by atomic mass is 10.0. The van der Waals surface area contributed by atoms with E-state index in [0.717, 1.165) is 12.1 Å². The van der Waals surface area contributed by atoms with Crippen LogP contribution in [0, 0.1) is 0 Å². The molecule has 27 heavy (non-hydrogen) atoms. The van der Waals surface area contributed by atoms with Crippen molar-refractivity contribution >= 4 is 11.6 Å².